The number of benzene rings is 2. The number of nitro groups is 1. The number of thioether (sulfide) groups is 1. The number of methoxy groups -OCH3 is 1. The Morgan fingerprint density at radius 1 is 1.28 bits per heavy atom. The monoisotopic (exact) mass is 408 g/mol. The van der Waals surface area contributed by atoms with Crippen LogP contribution in [0.3, 0.4) is 0 Å². The molecule has 29 heavy (non-hydrogen) atoms. The van der Waals surface area contributed by atoms with Crippen molar-refractivity contribution in [1.29, 1.82) is 0 Å². The van der Waals surface area contributed by atoms with Gasteiger partial charge in [-0.3, -0.25) is 19.5 Å². The molecule has 1 aliphatic rings. The van der Waals surface area contributed by atoms with E-state index in [9.17, 15) is 14.9 Å². The minimum Gasteiger partial charge on any atom is -0.497 e. The fourth-order valence-corrected chi connectivity index (χ4v) is 4.74. The van der Waals surface area contributed by atoms with Crippen LogP contribution in [0.1, 0.15) is 5.56 Å². The van der Waals surface area contributed by atoms with Gasteiger partial charge in [0.05, 0.1) is 17.5 Å². The van der Waals surface area contributed by atoms with Gasteiger partial charge in [-0.15, -0.1) is 0 Å². The normalized spacial score (nSPS) is 13.1. The highest BCUT2D eigenvalue weighted by atomic mass is 32.2. The van der Waals surface area contributed by atoms with E-state index in [-0.39, 0.29) is 11.2 Å². The van der Waals surface area contributed by atoms with Crippen molar-refractivity contribution in [2.45, 2.75) is 18.2 Å². The first-order chi connectivity index (χ1) is 14.1. The highest BCUT2D eigenvalue weighted by Crippen LogP contribution is 2.32. The van der Waals surface area contributed by atoms with Crippen molar-refractivity contribution in [3.8, 4) is 5.75 Å². The maximum Gasteiger partial charge on any atom is 0.278 e. The van der Waals surface area contributed by atoms with Crippen LogP contribution in [0.15, 0.2) is 52.4 Å². The van der Waals surface area contributed by atoms with Crippen molar-refractivity contribution in [1.82, 2.24) is 14.1 Å². The van der Waals surface area contributed by atoms with E-state index >= 15 is 0 Å². The van der Waals surface area contributed by atoms with Crippen LogP contribution in [-0.2, 0) is 13.1 Å². The summed E-state index contributed by atoms with van der Waals surface area (Å²) < 4.78 is 8.96. The topological polar surface area (TPSA) is 92.2 Å². The van der Waals surface area contributed by atoms with Crippen LogP contribution >= 0.6 is 11.8 Å². The van der Waals surface area contributed by atoms with Gasteiger partial charge in [0.2, 0.25) is 0 Å². The predicted octanol–water partition coefficient (Wildman–Crippen LogP) is 3.42. The van der Waals surface area contributed by atoms with Crippen LogP contribution in [0.25, 0.3) is 21.9 Å². The number of fused-ring (bicyclic) bond motifs is 4. The first-order valence-electron chi connectivity index (χ1n) is 9.04. The van der Waals surface area contributed by atoms with Crippen LogP contribution in [-0.4, -0.2) is 31.9 Å². The van der Waals surface area contributed by atoms with Crippen LogP contribution < -0.4 is 10.3 Å². The SMILES string of the molecule is COc1ccc2c(c1)c1nc3n(c(=O)c1n2Cc1cccc([N+](=O)[O-])c1)CCS3. The van der Waals surface area contributed by atoms with Gasteiger partial charge in [0.1, 0.15) is 16.8 Å². The molecule has 3 heterocycles. The second kappa shape index (κ2) is 6.63. The molecule has 0 atom stereocenters. The molecule has 0 aliphatic carbocycles. The molecular weight excluding hydrogens is 392 g/mol. The average molecular weight is 408 g/mol. The van der Waals surface area contributed by atoms with E-state index in [1.807, 2.05) is 28.8 Å². The van der Waals surface area contributed by atoms with Gasteiger partial charge in [-0.05, 0) is 23.8 Å². The van der Waals surface area contributed by atoms with Crippen LogP contribution in [0.5, 0.6) is 5.75 Å². The van der Waals surface area contributed by atoms with Crippen LogP contribution in [0.2, 0.25) is 0 Å². The maximum absolute atomic E-state index is 13.3. The molecule has 0 fully saturated rings. The maximum atomic E-state index is 13.3. The molecule has 0 radical (unpaired) electrons. The Balaban J connectivity index is 1.80. The number of nitrogens with zero attached hydrogens (tertiary/aromatic N) is 4. The van der Waals surface area contributed by atoms with E-state index in [1.165, 1.54) is 12.1 Å². The van der Waals surface area contributed by atoms with Crippen molar-refractivity contribution in [2.24, 2.45) is 0 Å². The number of ether oxygens (including phenoxy) is 1. The summed E-state index contributed by atoms with van der Waals surface area (Å²) in [6, 6.07) is 12.1. The Morgan fingerprint density at radius 3 is 2.93 bits per heavy atom. The Hall–Kier alpha value is -3.33. The summed E-state index contributed by atoms with van der Waals surface area (Å²) in [6.07, 6.45) is 0. The van der Waals surface area contributed by atoms with Gasteiger partial charge in [-0.2, -0.15) is 0 Å². The molecule has 0 bridgehead atoms. The van der Waals surface area contributed by atoms with Gasteiger partial charge in [0.15, 0.2) is 5.16 Å². The van der Waals surface area contributed by atoms with E-state index in [2.05, 4.69) is 0 Å². The van der Waals surface area contributed by atoms with E-state index in [0.29, 0.717) is 29.9 Å². The zero-order valence-electron chi connectivity index (χ0n) is 15.5. The van der Waals surface area contributed by atoms with Crippen LogP contribution in [0, 0.1) is 10.1 Å². The minimum absolute atomic E-state index is 0.0251. The Morgan fingerprint density at radius 2 is 2.14 bits per heavy atom. The standard InChI is InChI=1S/C20H16N4O4S/c1-28-14-5-6-16-15(10-14)17-18(19(25)22-7-8-29-20(22)21-17)23(16)11-12-3-2-4-13(9-12)24(26)27/h2-6,9-10H,7-8,11H2,1H3. The Kier molecular flexibility index (Phi) is 4.06. The van der Waals surface area contributed by atoms with E-state index in [4.69, 9.17) is 9.72 Å². The lowest BCUT2D eigenvalue weighted by atomic mass is 10.2. The summed E-state index contributed by atoms with van der Waals surface area (Å²) in [5.74, 6) is 1.50. The largest absolute Gasteiger partial charge is 0.497 e. The van der Waals surface area contributed by atoms with Gasteiger partial charge in [0.25, 0.3) is 11.2 Å². The van der Waals surface area contributed by atoms with Crippen molar-refractivity contribution in [3.05, 3.63) is 68.5 Å². The molecule has 5 rings (SSSR count). The third-order valence-corrected chi connectivity index (χ3v) is 6.09. The number of aromatic nitrogens is 3. The lowest BCUT2D eigenvalue weighted by molar-refractivity contribution is -0.384. The molecule has 1 aliphatic heterocycles. The molecule has 2 aromatic carbocycles. The highest BCUT2D eigenvalue weighted by Gasteiger charge is 2.23. The van der Waals surface area contributed by atoms with Gasteiger partial charge in [-0.1, -0.05) is 23.9 Å². The van der Waals surface area contributed by atoms with E-state index in [1.54, 1.807) is 29.5 Å². The van der Waals surface area contributed by atoms with Gasteiger partial charge in [0, 0.05) is 36.4 Å². The molecule has 0 spiro atoms. The molecule has 2 aromatic heterocycles. The average Bonchev–Trinajstić information content (AvgIpc) is 3.32. The molecule has 0 saturated carbocycles. The molecule has 4 aromatic rings. The molecular formula is C20H16N4O4S. The first-order valence-corrected chi connectivity index (χ1v) is 10.0. The summed E-state index contributed by atoms with van der Waals surface area (Å²) in [6.45, 7) is 0.959. The second-order valence-electron chi connectivity index (χ2n) is 6.79. The Bertz CT molecular complexity index is 1360. The summed E-state index contributed by atoms with van der Waals surface area (Å²) in [5.41, 5.74) is 2.66. The predicted molar refractivity (Wildman–Crippen MR) is 111 cm³/mol. The third-order valence-electron chi connectivity index (χ3n) is 5.14. The highest BCUT2D eigenvalue weighted by molar-refractivity contribution is 7.99. The molecule has 146 valence electrons. The lowest BCUT2D eigenvalue weighted by Gasteiger charge is -2.09. The van der Waals surface area contributed by atoms with Crippen LogP contribution in [0.4, 0.5) is 5.69 Å². The molecule has 0 amide bonds. The summed E-state index contributed by atoms with van der Waals surface area (Å²) in [4.78, 5) is 28.8. The molecule has 0 saturated heterocycles. The lowest BCUT2D eigenvalue weighted by Crippen LogP contribution is -2.22. The van der Waals surface area contributed by atoms with E-state index < -0.39 is 4.92 Å². The summed E-state index contributed by atoms with van der Waals surface area (Å²) in [5, 5.41) is 12.7. The summed E-state index contributed by atoms with van der Waals surface area (Å²) >= 11 is 1.57. The van der Waals surface area contributed by atoms with Crippen molar-refractivity contribution >= 4 is 39.4 Å². The smallest absolute Gasteiger partial charge is 0.278 e. The van der Waals surface area contributed by atoms with E-state index in [0.717, 1.165) is 27.4 Å². The molecule has 0 N–H and O–H groups in total. The van der Waals surface area contributed by atoms with Gasteiger partial charge < -0.3 is 9.30 Å². The zero-order valence-corrected chi connectivity index (χ0v) is 16.3. The quantitative estimate of drug-likeness (QED) is 0.292. The Labute approximate surface area is 168 Å². The summed E-state index contributed by atoms with van der Waals surface area (Å²) in [7, 11) is 1.60. The molecule has 9 heteroatoms. The van der Waals surface area contributed by atoms with Gasteiger partial charge in [-0.25, -0.2) is 4.98 Å². The molecule has 8 nitrogen and oxygen atoms in total. The minimum atomic E-state index is -0.416. The third kappa shape index (κ3) is 2.77. The van der Waals surface area contributed by atoms with Crippen molar-refractivity contribution < 1.29 is 9.66 Å². The first kappa shape index (κ1) is 17.7. The van der Waals surface area contributed by atoms with Crippen molar-refractivity contribution in [3.63, 3.8) is 0 Å². The fourth-order valence-electron chi connectivity index (χ4n) is 3.79. The second-order valence-corrected chi connectivity index (χ2v) is 7.86. The number of hydrogen-bond donors (Lipinski definition) is 0. The number of non-ortho nitro benzene ring substituents is 1. The fraction of sp³-hybridized carbons (Fsp3) is 0.200. The zero-order chi connectivity index (χ0) is 20.1. The number of hydrogen-bond acceptors (Lipinski definition) is 6. The van der Waals surface area contributed by atoms with Crippen molar-refractivity contribution in [2.75, 3.05) is 12.9 Å². The van der Waals surface area contributed by atoms with Gasteiger partial charge >= 0.3 is 0 Å². The number of nitro benzene ring substituents is 1. The molecule has 0 unspecified atom stereocenters. The number of rotatable bonds is 4.